The Labute approximate surface area is 83.0 Å². The lowest BCUT2D eigenvalue weighted by molar-refractivity contribution is 0.167. The van der Waals surface area contributed by atoms with Gasteiger partial charge in [0.15, 0.2) is 11.6 Å². The monoisotopic (exact) mass is 194 g/mol. The zero-order chi connectivity index (χ0) is 9.80. The molecule has 1 aromatic heterocycles. The van der Waals surface area contributed by atoms with E-state index in [9.17, 15) is 0 Å². The van der Waals surface area contributed by atoms with Crippen molar-refractivity contribution in [1.29, 1.82) is 0 Å². The Morgan fingerprint density at radius 2 is 2.57 bits per heavy atom. The van der Waals surface area contributed by atoms with E-state index in [1.165, 1.54) is 0 Å². The lowest BCUT2D eigenvalue weighted by Crippen LogP contribution is -2.12. The van der Waals surface area contributed by atoms with Crippen LogP contribution in [0.2, 0.25) is 0 Å². The molecular weight excluding hydrogens is 180 g/mol. The molecule has 0 radical (unpaired) electrons. The van der Waals surface area contributed by atoms with Crippen LogP contribution in [-0.2, 0) is 4.74 Å². The van der Waals surface area contributed by atoms with Crippen molar-refractivity contribution in [2.75, 3.05) is 25.6 Å². The third-order valence-corrected chi connectivity index (χ3v) is 2.30. The molecule has 4 nitrogen and oxygen atoms in total. The number of nitrogens with zero attached hydrogens (tertiary/aromatic N) is 1. The SMILES string of the molecule is Nc1ncccc1OCC1CCOC1. The fourth-order valence-corrected chi connectivity index (χ4v) is 1.45. The van der Waals surface area contributed by atoms with E-state index in [0.29, 0.717) is 24.1 Å². The first-order valence-electron chi connectivity index (χ1n) is 4.77. The van der Waals surface area contributed by atoms with Crippen molar-refractivity contribution in [2.24, 2.45) is 5.92 Å². The Bertz CT molecular complexity index is 298. The predicted molar refractivity (Wildman–Crippen MR) is 53.1 cm³/mol. The van der Waals surface area contributed by atoms with Gasteiger partial charge in [-0.15, -0.1) is 0 Å². The van der Waals surface area contributed by atoms with Crippen LogP contribution in [-0.4, -0.2) is 24.8 Å². The number of rotatable bonds is 3. The second kappa shape index (κ2) is 4.28. The summed E-state index contributed by atoms with van der Waals surface area (Å²) < 4.78 is 10.8. The van der Waals surface area contributed by atoms with Crippen LogP contribution in [0, 0.1) is 5.92 Å². The average Bonchev–Trinajstić information content (AvgIpc) is 2.69. The molecule has 2 rings (SSSR count). The summed E-state index contributed by atoms with van der Waals surface area (Å²) >= 11 is 0. The van der Waals surface area contributed by atoms with Gasteiger partial charge in [-0.25, -0.2) is 4.98 Å². The molecule has 1 aromatic rings. The molecule has 0 saturated carbocycles. The van der Waals surface area contributed by atoms with Crippen molar-refractivity contribution >= 4 is 5.82 Å². The van der Waals surface area contributed by atoms with E-state index < -0.39 is 0 Å². The molecule has 2 heterocycles. The molecule has 76 valence electrons. The first kappa shape index (κ1) is 9.27. The molecule has 0 bridgehead atoms. The number of aromatic nitrogens is 1. The number of hydrogen-bond donors (Lipinski definition) is 1. The second-order valence-corrected chi connectivity index (χ2v) is 3.43. The third kappa shape index (κ3) is 2.14. The van der Waals surface area contributed by atoms with Crippen LogP contribution in [0.1, 0.15) is 6.42 Å². The highest BCUT2D eigenvalue weighted by atomic mass is 16.5. The molecule has 0 aromatic carbocycles. The normalized spacial score (nSPS) is 21.0. The highest BCUT2D eigenvalue weighted by molar-refractivity contribution is 5.44. The predicted octanol–water partition coefficient (Wildman–Crippen LogP) is 1.08. The zero-order valence-electron chi connectivity index (χ0n) is 7.98. The molecule has 0 amide bonds. The van der Waals surface area contributed by atoms with Crippen LogP contribution in [0.15, 0.2) is 18.3 Å². The van der Waals surface area contributed by atoms with Crippen LogP contribution in [0.25, 0.3) is 0 Å². The Hall–Kier alpha value is -1.29. The minimum Gasteiger partial charge on any atom is -0.489 e. The number of pyridine rings is 1. The van der Waals surface area contributed by atoms with Gasteiger partial charge in [0, 0.05) is 18.7 Å². The van der Waals surface area contributed by atoms with Gasteiger partial charge in [-0.2, -0.15) is 0 Å². The van der Waals surface area contributed by atoms with Crippen molar-refractivity contribution in [3.63, 3.8) is 0 Å². The topological polar surface area (TPSA) is 57.4 Å². The maximum Gasteiger partial charge on any atom is 0.166 e. The van der Waals surface area contributed by atoms with E-state index in [2.05, 4.69) is 4.98 Å². The Kier molecular flexibility index (Phi) is 2.84. The number of hydrogen-bond acceptors (Lipinski definition) is 4. The van der Waals surface area contributed by atoms with E-state index in [1.807, 2.05) is 12.1 Å². The minimum atomic E-state index is 0.450. The summed E-state index contributed by atoms with van der Waals surface area (Å²) in [6.45, 7) is 2.30. The van der Waals surface area contributed by atoms with Gasteiger partial charge in [-0.1, -0.05) is 0 Å². The van der Waals surface area contributed by atoms with Crippen molar-refractivity contribution in [3.8, 4) is 5.75 Å². The molecular formula is C10H14N2O2. The first-order valence-corrected chi connectivity index (χ1v) is 4.77. The summed E-state index contributed by atoms with van der Waals surface area (Å²) in [5.41, 5.74) is 5.64. The van der Waals surface area contributed by atoms with Crippen LogP contribution in [0.3, 0.4) is 0 Å². The molecule has 1 aliphatic rings. The van der Waals surface area contributed by atoms with E-state index in [4.69, 9.17) is 15.2 Å². The van der Waals surface area contributed by atoms with Gasteiger partial charge in [0.25, 0.3) is 0 Å². The number of ether oxygens (including phenoxy) is 2. The van der Waals surface area contributed by atoms with Gasteiger partial charge in [-0.3, -0.25) is 0 Å². The zero-order valence-corrected chi connectivity index (χ0v) is 7.98. The first-order chi connectivity index (χ1) is 6.86. The maximum absolute atomic E-state index is 5.64. The highest BCUT2D eigenvalue weighted by Crippen LogP contribution is 2.19. The summed E-state index contributed by atoms with van der Waals surface area (Å²) in [6, 6.07) is 3.65. The Balaban J connectivity index is 1.88. The van der Waals surface area contributed by atoms with Crippen LogP contribution >= 0.6 is 0 Å². The van der Waals surface area contributed by atoms with Gasteiger partial charge in [0.2, 0.25) is 0 Å². The van der Waals surface area contributed by atoms with Crippen molar-refractivity contribution in [2.45, 2.75) is 6.42 Å². The van der Waals surface area contributed by atoms with Gasteiger partial charge >= 0.3 is 0 Å². The molecule has 4 heteroatoms. The standard InChI is InChI=1S/C10H14N2O2/c11-10-9(2-1-4-12-10)14-7-8-3-5-13-6-8/h1-2,4,8H,3,5-7H2,(H2,11,12). The smallest absolute Gasteiger partial charge is 0.166 e. The summed E-state index contributed by atoms with van der Waals surface area (Å²) in [4.78, 5) is 3.95. The summed E-state index contributed by atoms with van der Waals surface area (Å²) in [7, 11) is 0. The van der Waals surface area contributed by atoms with E-state index in [-0.39, 0.29) is 0 Å². The van der Waals surface area contributed by atoms with E-state index in [1.54, 1.807) is 6.20 Å². The Morgan fingerprint density at radius 1 is 1.64 bits per heavy atom. The van der Waals surface area contributed by atoms with Crippen molar-refractivity contribution in [3.05, 3.63) is 18.3 Å². The van der Waals surface area contributed by atoms with Gasteiger partial charge in [-0.05, 0) is 18.6 Å². The molecule has 0 aliphatic carbocycles. The molecule has 2 N–H and O–H groups in total. The lowest BCUT2D eigenvalue weighted by atomic mass is 10.1. The van der Waals surface area contributed by atoms with Gasteiger partial charge in [0.05, 0.1) is 13.2 Å². The molecule has 1 fully saturated rings. The van der Waals surface area contributed by atoms with Crippen LogP contribution < -0.4 is 10.5 Å². The largest absolute Gasteiger partial charge is 0.489 e. The molecule has 1 atom stereocenters. The molecule has 14 heavy (non-hydrogen) atoms. The van der Waals surface area contributed by atoms with Crippen molar-refractivity contribution in [1.82, 2.24) is 4.98 Å². The minimum absolute atomic E-state index is 0.450. The van der Waals surface area contributed by atoms with Gasteiger partial charge < -0.3 is 15.2 Å². The average molecular weight is 194 g/mol. The number of nitrogens with two attached hydrogens (primary N) is 1. The number of nitrogen functional groups attached to an aromatic ring is 1. The molecule has 1 aliphatic heterocycles. The Morgan fingerprint density at radius 3 is 3.29 bits per heavy atom. The lowest BCUT2D eigenvalue weighted by Gasteiger charge is -2.10. The van der Waals surface area contributed by atoms with Gasteiger partial charge in [0.1, 0.15) is 0 Å². The summed E-state index contributed by atoms with van der Waals surface area (Å²) in [5.74, 6) is 1.61. The van der Waals surface area contributed by atoms with E-state index in [0.717, 1.165) is 19.6 Å². The summed E-state index contributed by atoms with van der Waals surface area (Å²) in [6.07, 6.45) is 2.72. The van der Waals surface area contributed by atoms with E-state index >= 15 is 0 Å². The second-order valence-electron chi connectivity index (χ2n) is 3.43. The van der Waals surface area contributed by atoms with Crippen LogP contribution in [0.4, 0.5) is 5.82 Å². The third-order valence-electron chi connectivity index (χ3n) is 2.30. The molecule has 0 spiro atoms. The highest BCUT2D eigenvalue weighted by Gasteiger charge is 2.16. The van der Waals surface area contributed by atoms with Crippen molar-refractivity contribution < 1.29 is 9.47 Å². The van der Waals surface area contributed by atoms with Crippen LogP contribution in [0.5, 0.6) is 5.75 Å². The molecule has 1 saturated heterocycles. The molecule has 1 unspecified atom stereocenters. The number of anilines is 1. The fourth-order valence-electron chi connectivity index (χ4n) is 1.45. The maximum atomic E-state index is 5.64. The summed E-state index contributed by atoms with van der Waals surface area (Å²) in [5, 5.41) is 0. The fraction of sp³-hybridized carbons (Fsp3) is 0.500. The quantitative estimate of drug-likeness (QED) is 0.782.